The van der Waals surface area contributed by atoms with Crippen molar-refractivity contribution < 1.29 is 9.90 Å². The van der Waals surface area contributed by atoms with Crippen LogP contribution in [0.4, 0.5) is 5.95 Å². The molecule has 98 valence electrons. The number of hydrogen-bond acceptors (Lipinski definition) is 5. The molecule has 0 saturated heterocycles. The molecule has 2 rings (SSSR count). The molecule has 2 aromatic rings. The highest BCUT2D eigenvalue weighted by Crippen LogP contribution is 2.14. The number of nitrogens with one attached hydrogen (secondary N) is 1. The summed E-state index contributed by atoms with van der Waals surface area (Å²) in [4.78, 5) is 23.0. The second-order valence-electron chi connectivity index (χ2n) is 4.15. The molecule has 0 fully saturated rings. The first kappa shape index (κ1) is 12.9. The number of rotatable bonds is 5. The van der Waals surface area contributed by atoms with Crippen LogP contribution in [0.25, 0.3) is 11.3 Å². The van der Waals surface area contributed by atoms with E-state index in [0.29, 0.717) is 5.95 Å². The maximum Gasteiger partial charge on any atom is 0.305 e. The van der Waals surface area contributed by atoms with Crippen LogP contribution >= 0.6 is 0 Å². The van der Waals surface area contributed by atoms with Crippen molar-refractivity contribution in [2.75, 3.05) is 5.32 Å². The number of pyridine rings is 1. The van der Waals surface area contributed by atoms with Crippen molar-refractivity contribution in [2.45, 2.75) is 19.4 Å². The first-order valence-electron chi connectivity index (χ1n) is 5.87. The number of anilines is 1. The molecule has 2 N–H and O–H groups in total. The Morgan fingerprint density at radius 2 is 2.05 bits per heavy atom. The number of hydrogen-bond donors (Lipinski definition) is 2. The summed E-state index contributed by atoms with van der Waals surface area (Å²) in [5, 5.41) is 11.6. The number of carboxylic acid groups (broad SMARTS) is 1. The van der Waals surface area contributed by atoms with Gasteiger partial charge in [-0.05, 0) is 19.1 Å². The Morgan fingerprint density at radius 3 is 2.63 bits per heavy atom. The van der Waals surface area contributed by atoms with Gasteiger partial charge in [0.05, 0.1) is 12.1 Å². The van der Waals surface area contributed by atoms with Gasteiger partial charge < -0.3 is 10.4 Å². The van der Waals surface area contributed by atoms with Crippen LogP contribution in [0, 0.1) is 0 Å². The molecule has 19 heavy (non-hydrogen) atoms. The molecule has 1 unspecified atom stereocenters. The van der Waals surface area contributed by atoms with Crippen LogP contribution in [-0.2, 0) is 4.79 Å². The van der Waals surface area contributed by atoms with Crippen LogP contribution in [-0.4, -0.2) is 32.1 Å². The Bertz CT molecular complexity index is 542. The molecule has 6 heteroatoms. The van der Waals surface area contributed by atoms with E-state index in [1.807, 2.05) is 18.2 Å². The van der Waals surface area contributed by atoms with E-state index in [9.17, 15) is 4.79 Å². The van der Waals surface area contributed by atoms with Crippen LogP contribution in [0.5, 0.6) is 0 Å². The molecule has 0 aliphatic carbocycles. The largest absolute Gasteiger partial charge is 0.481 e. The molecule has 2 aromatic heterocycles. The van der Waals surface area contributed by atoms with Gasteiger partial charge in [0.25, 0.3) is 0 Å². The highest BCUT2D eigenvalue weighted by atomic mass is 16.4. The molecule has 0 spiro atoms. The average molecular weight is 258 g/mol. The zero-order valence-corrected chi connectivity index (χ0v) is 10.4. The Hall–Kier alpha value is -2.50. The Balaban J connectivity index is 2.05. The molecule has 0 saturated carbocycles. The van der Waals surface area contributed by atoms with Gasteiger partial charge in [-0.1, -0.05) is 6.07 Å². The number of aliphatic carboxylic acids is 1. The molecule has 0 radical (unpaired) electrons. The number of carbonyl (C=O) groups is 1. The van der Waals surface area contributed by atoms with Gasteiger partial charge in [0, 0.05) is 30.2 Å². The molecule has 0 aliphatic heterocycles. The first-order valence-corrected chi connectivity index (χ1v) is 5.87. The fourth-order valence-electron chi connectivity index (χ4n) is 1.60. The van der Waals surface area contributed by atoms with Gasteiger partial charge in [-0.3, -0.25) is 9.78 Å². The minimum Gasteiger partial charge on any atom is -0.481 e. The Kier molecular flexibility index (Phi) is 4.02. The Morgan fingerprint density at radius 1 is 1.32 bits per heavy atom. The molecular weight excluding hydrogens is 244 g/mol. The van der Waals surface area contributed by atoms with Gasteiger partial charge in [0.2, 0.25) is 5.95 Å². The molecule has 0 aliphatic rings. The predicted octanol–water partition coefficient (Wildman–Crippen LogP) is 1.81. The topological polar surface area (TPSA) is 88.0 Å². The lowest BCUT2D eigenvalue weighted by atomic mass is 10.2. The highest BCUT2D eigenvalue weighted by Gasteiger charge is 2.08. The standard InChI is InChI=1S/C13H14N4O2/c1-9(6-12(18)19)17-13-15-7-10(8-16-13)11-4-2-3-5-14-11/h2-5,7-9H,6H2,1H3,(H,18,19)(H,15,16,17). The van der Waals surface area contributed by atoms with Crippen LogP contribution in [0.3, 0.4) is 0 Å². The van der Waals surface area contributed by atoms with E-state index in [1.54, 1.807) is 25.5 Å². The van der Waals surface area contributed by atoms with E-state index in [2.05, 4.69) is 20.3 Å². The third kappa shape index (κ3) is 3.74. The van der Waals surface area contributed by atoms with Crippen molar-refractivity contribution in [1.82, 2.24) is 15.0 Å². The lowest BCUT2D eigenvalue weighted by Gasteiger charge is -2.11. The van der Waals surface area contributed by atoms with E-state index in [-0.39, 0.29) is 12.5 Å². The molecule has 1 atom stereocenters. The van der Waals surface area contributed by atoms with E-state index < -0.39 is 5.97 Å². The molecule has 6 nitrogen and oxygen atoms in total. The maximum absolute atomic E-state index is 10.5. The monoisotopic (exact) mass is 258 g/mol. The molecular formula is C13H14N4O2. The lowest BCUT2D eigenvalue weighted by Crippen LogP contribution is -2.20. The Labute approximate surface area is 110 Å². The zero-order valence-electron chi connectivity index (χ0n) is 10.4. The zero-order chi connectivity index (χ0) is 13.7. The molecule has 0 aromatic carbocycles. The van der Waals surface area contributed by atoms with Crippen LogP contribution in [0.15, 0.2) is 36.8 Å². The van der Waals surface area contributed by atoms with Crippen LogP contribution in [0.1, 0.15) is 13.3 Å². The maximum atomic E-state index is 10.5. The van der Waals surface area contributed by atoms with Gasteiger partial charge in [0.15, 0.2) is 0 Å². The van der Waals surface area contributed by atoms with Crippen molar-refractivity contribution in [3.05, 3.63) is 36.8 Å². The van der Waals surface area contributed by atoms with Crippen molar-refractivity contribution >= 4 is 11.9 Å². The number of aromatic nitrogens is 3. The molecule has 0 bridgehead atoms. The molecule has 0 amide bonds. The SMILES string of the molecule is CC(CC(=O)O)Nc1ncc(-c2ccccn2)cn1. The van der Waals surface area contributed by atoms with Gasteiger partial charge in [-0.25, -0.2) is 9.97 Å². The second-order valence-corrected chi connectivity index (χ2v) is 4.15. The summed E-state index contributed by atoms with van der Waals surface area (Å²) in [7, 11) is 0. The summed E-state index contributed by atoms with van der Waals surface area (Å²) < 4.78 is 0. The minimum absolute atomic E-state index is 0.0192. The van der Waals surface area contributed by atoms with Crippen molar-refractivity contribution in [3.8, 4) is 11.3 Å². The van der Waals surface area contributed by atoms with Gasteiger partial charge in [-0.15, -0.1) is 0 Å². The normalized spacial score (nSPS) is 11.8. The fourth-order valence-corrected chi connectivity index (χ4v) is 1.60. The van der Waals surface area contributed by atoms with Crippen molar-refractivity contribution in [3.63, 3.8) is 0 Å². The van der Waals surface area contributed by atoms with E-state index >= 15 is 0 Å². The minimum atomic E-state index is -0.856. The highest BCUT2D eigenvalue weighted by molar-refractivity contribution is 5.68. The summed E-state index contributed by atoms with van der Waals surface area (Å²) in [6, 6.07) is 5.38. The van der Waals surface area contributed by atoms with Crippen LogP contribution < -0.4 is 5.32 Å². The smallest absolute Gasteiger partial charge is 0.305 e. The fraction of sp³-hybridized carbons (Fsp3) is 0.231. The summed E-state index contributed by atoms with van der Waals surface area (Å²) in [5.41, 5.74) is 1.62. The number of nitrogens with zero attached hydrogens (tertiary/aromatic N) is 3. The molecule has 2 heterocycles. The first-order chi connectivity index (χ1) is 9.15. The summed E-state index contributed by atoms with van der Waals surface area (Å²) in [5.74, 6) is -0.446. The van der Waals surface area contributed by atoms with Gasteiger partial charge >= 0.3 is 5.97 Å². The third-order valence-electron chi connectivity index (χ3n) is 2.47. The summed E-state index contributed by atoms with van der Waals surface area (Å²) in [6.45, 7) is 1.77. The summed E-state index contributed by atoms with van der Waals surface area (Å²) >= 11 is 0. The van der Waals surface area contributed by atoms with Gasteiger partial charge in [0.1, 0.15) is 0 Å². The van der Waals surface area contributed by atoms with E-state index in [4.69, 9.17) is 5.11 Å². The quantitative estimate of drug-likeness (QED) is 0.850. The third-order valence-corrected chi connectivity index (χ3v) is 2.47. The number of carboxylic acids is 1. The predicted molar refractivity (Wildman–Crippen MR) is 70.6 cm³/mol. The van der Waals surface area contributed by atoms with E-state index in [0.717, 1.165) is 11.3 Å². The summed E-state index contributed by atoms with van der Waals surface area (Å²) in [6.07, 6.45) is 5.04. The average Bonchev–Trinajstić information content (AvgIpc) is 2.39. The van der Waals surface area contributed by atoms with Crippen LogP contribution in [0.2, 0.25) is 0 Å². The second kappa shape index (κ2) is 5.90. The van der Waals surface area contributed by atoms with Crippen molar-refractivity contribution in [2.24, 2.45) is 0 Å². The lowest BCUT2D eigenvalue weighted by molar-refractivity contribution is -0.137. The van der Waals surface area contributed by atoms with Crippen molar-refractivity contribution in [1.29, 1.82) is 0 Å². The van der Waals surface area contributed by atoms with E-state index in [1.165, 1.54) is 0 Å². The van der Waals surface area contributed by atoms with Gasteiger partial charge in [-0.2, -0.15) is 0 Å².